The summed E-state index contributed by atoms with van der Waals surface area (Å²) in [6.07, 6.45) is 3.06. The van der Waals surface area contributed by atoms with E-state index in [-0.39, 0.29) is 5.54 Å². The lowest BCUT2D eigenvalue weighted by Gasteiger charge is -2.28. The molecule has 0 N–H and O–H groups in total. The average Bonchev–Trinajstić information content (AvgIpc) is 2.36. The van der Waals surface area contributed by atoms with Crippen LogP contribution in [-0.2, 0) is 6.42 Å². The van der Waals surface area contributed by atoms with Crippen molar-refractivity contribution in [2.24, 2.45) is 0 Å². The topological polar surface area (TPSA) is 27.0 Å². The number of nitrogens with zero attached hydrogens (tertiary/aromatic N) is 2. The summed E-state index contributed by atoms with van der Waals surface area (Å²) in [5.74, 6) is 0. The smallest absolute Gasteiger partial charge is 0.103 e. The summed E-state index contributed by atoms with van der Waals surface area (Å²) in [6.45, 7) is 4.80. The van der Waals surface area contributed by atoms with Crippen LogP contribution >= 0.6 is 11.8 Å². The van der Waals surface area contributed by atoms with Gasteiger partial charge in [-0.05, 0) is 51.3 Å². The third-order valence-electron chi connectivity index (χ3n) is 3.12. The van der Waals surface area contributed by atoms with Gasteiger partial charge in [0.2, 0.25) is 0 Å². The molecular weight excluding hydrogens is 228 g/mol. The van der Waals surface area contributed by atoms with E-state index in [2.05, 4.69) is 41.5 Å². The summed E-state index contributed by atoms with van der Waals surface area (Å²) in [6, 6.07) is 10.9. The van der Waals surface area contributed by atoms with Crippen molar-refractivity contribution in [3.8, 4) is 6.07 Å². The average molecular weight is 248 g/mol. The maximum Gasteiger partial charge on any atom is 0.103 e. The maximum absolute atomic E-state index is 9.04. The van der Waals surface area contributed by atoms with Crippen LogP contribution in [0.25, 0.3) is 0 Å². The van der Waals surface area contributed by atoms with E-state index in [9.17, 15) is 0 Å². The molecule has 1 aromatic rings. The Hall–Kier alpha value is -0.980. The highest BCUT2D eigenvalue weighted by molar-refractivity contribution is 7.98. The predicted molar refractivity (Wildman–Crippen MR) is 74.2 cm³/mol. The van der Waals surface area contributed by atoms with Crippen molar-refractivity contribution >= 4 is 11.8 Å². The number of hydrogen-bond donors (Lipinski definition) is 0. The van der Waals surface area contributed by atoms with Gasteiger partial charge in [0, 0.05) is 11.4 Å². The zero-order valence-corrected chi connectivity index (χ0v) is 11.8. The Kier molecular flexibility index (Phi) is 5.04. The lowest BCUT2D eigenvalue weighted by Crippen LogP contribution is -2.40. The van der Waals surface area contributed by atoms with Crippen LogP contribution in [0.15, 0.2) is 29.2 Å². The van der Waals surface area contributed by atoms with E-state index in [1.165, 1.54) is 10.5 Å². The quantitative estimate of drug-likeness (QED) is 0.749. The molecule has 0 radical (unpaired) electrons. The summed E-state index contributed by atoms with van der Waals surface area (Å²) in [5, 5.41) is 9.04. The molecule has 1 aromatic carbocycles. The van der Waals surface area contributed by atoms with Crippen molar-refractivity contribution < 1.29 is 0 Å². The minimum atomic E-state index is -0.390. The second-order valence-corrected chi connectivity index (χ2v) is 5.57. The zero-order valence-electron chi connectivity index (χ0n) is 11.0. The van der Waals surface area contributed by atoms with Crippen LogP contribution in [0.1, 0.15) is 19.4 Å². The van der Waals surface area contributed by atoms with Crippen LogP contribution in [-0.4, -0.2) is 30.3 Å². The number of hydrogen-bond acceptors (Lipinski definition) is 3. The normalized spacial score (nSPS) is 11.5. The molecular formula is C14H20N2S. The molecule has 0 aliphatic carbocycles. The van der Waals surface area contributed by atoms with Gasteiger partial charge in [-0.2, -0.15) is 5.26 Å². The van der Waals surface area contributed by atoms with Crippen molar-refractivity contribution in [3.05, 3.63) is 29.8 Å². The molecule has 2 nitrogen and oxygen atoms in total. The molecule has 0 unspecified atom stereocenters. The summed E-state index contributed by atoms with van der Waals surface area (Å²) in [5.41, 5.74) is 0.933. The number of rotatable bonds is 5. The van der Waals surface area contributed by atoms with Crippen LogP contribution < -0.4 is 0 Å². The standard InChI is InChI=1S/C14H20N2S/c1-14(2,11-15)16(3)10-9-12-5-7-13(17-4)8-6-12/h5-8H,9-10H2,1-4H3. The number of thioether (sulfide) groups is 1. The lowest BCUT2D eigenvalue weighted by molar-refractivity contribution is 0.214. The summed E-state index contributed by atoms with van der Waals surface area (Å²) >= 11 is 1.76. The maximum atomic E-state index is 9.04. The van der Waals surface area contributed by atoms with Crippen LogP contribution in [0, 0.1) is 11.3 Å². The van der Waals surface area contributed by atoms with E-state index in [1.807, 2.05) is 20.9 Å². The third-order valence-corrected chi connectivity index (χ3v) is 3.87. The molecule has 0 spiro atoms. The Morgan fingerprint density at radius 2 is 1.88 bits per heavy atom. The number of likely N-dealkylation sites (N-methyl/N-ethyl adjacent to an activating group) is 1. The molecule has 0 fully saturated rings. The molecule has 1 rings (SSSR count). The van der Waals surface area contributed by atoms with E-state index in [0.29, 0.717) is 0 Å². The first kappa shape index (κ1) is 14.1. The third kappa shape index (κ3) is 4.07. The van der Waals surface area contributed by atoms with Gasteiger partial charge >= 0.3 is 0 Å². The van der Waals surface area contributed by atoms with Crippen molar-refractivity contribution in [3.63, 3.8) is 0 Å². The van der Waals surface area contributed by atoms with Crippen LogP contribution in [0.3, 0.4) is 0 Å². The van der Waals surface area contributed by atoms with Crippen molar-refractivity contribution in [2.45, 2.75) is 30.7 Å². The fraction of sp³-hybridized carbons (Fsp3) is 0.500. The highest BCUT2D eigenvalue weighted by Gasteiger charge is 2.21. The van der Waals surface area contributed by atoms with Crippen molar-refractivity contribution in [1.29, 1.82) is 5.26 Å². The van der Waals surface area contributed by atoms with Crippen LogP contribution in [0.4, 0.5) is 0 Å². The summed E-state index contributed by atoms with van der Waals surface area (Å²) < 4.78 is 0. The minimum absolute atomic E-state index is 0.390. The van der Waals surface area contributed by atoms with Gasteiger partial charge in [-0.25, -0.2) is 0 Å². The van der Waals surface area contributed by atoms with Gasteiger partial charge in [0.15, 0.2) is 0 Å². The Morgan fingerprint density at radius 1 is 1.29 bits per heavy atom. The minimum Gasteiger partial charge on any atom is -0.289 e. The molecule has 3 heteroatoms. The van der Waals surface area contributed by atoms with Gasteiger partial charge in [0.25, 0.3) is 0 Å². The Morgan fingerprint density at radius 3 is 2.35 bits per heavy atom. The Balaban J connectivity index is 2.53. The van der Waals surface area contributed by atoms with E-state index in [0.717, 1.165) is 13.0 Å². The number of benzene rings is 1. The highest BCUT2D eigenvalue weighted by Crippen LogP contribution is 2.16. The van der Waals surface area contributed by atoms with E-state index in [4.69, 9.17) is 5.26 Å². The van der Waals surface area contributed by atoms with Gasteiger partial charge in [-0.3, -0.25) is 4.90 Å². The second kappa shape index (κ2) is 6.09. The van der Waals surface area contributed by atoms with E-state index >= 15 is 0 Å². The molecule has 0 saturated carbocycles. The van der Waals surface area contributed by atoms with E-state index in [1.54, 1.807) is 11.8 Å². The molecule has 0 bridgehead atoms. The molecule has 0 amide bonds. The molecule has 17 heavy (non-hydrogen) atoms. The van der Waals surface area contributed by atoms with E-state index < -0.39 is 0 Å². The number of nitriles is 1. The first-order valence-corrected chi connectivity index (χ1v) is 6.97. The molecule has 92 valence electrons. The van der Waals surface area contributed by atoms with Gasteiger partial charge in [0.05, 0.1) is 6.07 Å². The molecule has 0 aliphatic rings. The van der Waals surface area contributed by atoms with Gasteiger partial charge < -0.3 is 0 Å². The van der Waals surface area contributed by atoms with Crippen molar-refractivity contribution in [2.75, 3.05) is 19.8 Å². The molecule has 0 heterocycles. The molecule has 0 saturated heterocycles. The fourth-order valence-electron chi connectivity index (χ4n) is 1.45. The first-order chi connectivity index (χ1) is 7.99. The SMILES string of the molecule is CSc1ccc(CCN(C)C(C)(C)C#N)cc1. The monoisotopic (exact) mass is 248 g/mol. The second-order valence-electron chi connectivity index (χ2n) is 4.69. The molecule has 0 atom stereocenters. The summed E-state index contributed by atoms with van der Waals surface area (Å²) in [4.78, 5) is 3.38. The van der Waals surface area contributed by atoms with Gasteiger partial charge in [-0.1, -0.05) is 12.1 Å². The fourth-order valence-corrected chi connectivity index (χ4v) is 1.86. The zero-order chi connectivity index (χ0) is 12.9. The molecule has 0 aromatic heterocycles. The van der Waals surface area contributed by atoms with Crippen LogP contribution in [0.5, 0.6) is 0 Å². The van der Waals surface area contributed by atoms with Crippen molar-refractivity contribution in [1.82, 2.24) is 4.90 Å². The molecule has 0 aliphatic heterocycles. The largest absolute Gasteiger partial charge is 0.289 e. The van der Waals surface area contributed by atoms with Crippen LogP contribution in [0.2, 0.25) is 0 Å². The Bertz CT molecular complexity index is 390. The predicted octanol–water partition coefficient (Wildman–Crippen LogP) is 3.18. The first-order valence-electron chi connectivity index (χ1n) is 5.75. The Labute approximate surface area is 109 Å². The highest BCUT2D eigenvalue weighted by atomic mass is 32.2. The summed E-state index contributed by atoms with van der Waals surface area (Å²) in [7, 11) is 2.00. The van der Waals surface area contributed by atoms with Gasteiger partial charge in [0.1, 0.15) is 5.54 Å². The van der Waals surface area contributed by atoms with Gasteiger partial charge in [-0.15, -0.1) is 11.8 Å². The lowest BCUT2D eigenvalue weighted by atomic mass is 10.0.